The maximum atomic E-state index is 5.99. The molecule has 1 aromatic heterocycles. The maximum Gasteiger partial charge on any atom is 0.181 e. The van der Waals surface area contributed by atoms with Gasteiger partial charge in [0, 0.05) is 21.6 Å². The number of aromatic nitrogens is 1. The Labute approximate surface area is 107 Å². The van der Waals surface area contributed by atoms with Gasteiger partial charge in [-0.2, -0.15) is 0 Å². The van der Waals surface area contributed by atoms with Crippen LogP contribution in [0.5, 0.6) is 0 Å². The monoisotopic (exact) mass is 300 g/mol. The van der Waals surface area contributed by atoms with Crippen molar-refractivity contribution >= 4 is 27.5 Å². The summed E-state index contributed by atoms with van der Waals surface area (Å²) >= 11 is 9.39. The van der Waals surface area contributed by atoms with Gasteiger partial charge >= 0.3 is 0 Å². The van der Waals surface area contributed by atoms with E-state index >= 15 is 0 Å². The summed E-state index contributed by atoms with van der Waals surface area (Å²) in [6.45, 7) is 0.663. The summed E-state index contributed by atoms with van der Waals surface area (Å²) < 4.78 is 6.30. The minimum absolute atomic E-state index is 0.663. The third-order valence-corrected chi connectivity index (χ3v) is 2.79. The molecular weight excluding hydrogens is 291 g/mol. The van der Waals surface area contributed by atoms with Gasteiger partial charge in [-0.15, -0.1) is 0 Å². The van der Waals surface area contributed by atoms with E-state index in [0.29, 0.717) is 11.6 Å². The zero-order valence-corrected chi connectivity index (χ0v) is 11.0. The first-order valence-corrected chi connectivity index (χ1v) is 5.91. The fourth-order valence-corrected chi connectivity index (χ4v) is 2.34. The van der Waals surface area contributed by atoms with Crippen molar-refractivity contribution in [2.45, 2.75) is 6.54 Å². The van der Waals surface area contributed by atoms with Crippen LogP contribution in [0.25, 0.3) is 11.3 Å². The molecule has 0 amide bonds. The van der Waals surface area contributed by atoms with Crippen LogP contribution in [-0.2, 0) is 6.54 Å². The summed E-state index contributed by atoms with van der Waals surface area (Å²) in [6, 6.07) is 5.64. The average Bonchev–Trinajstić information content (AvgIpc) is 2.65. The van der Waals surface area contributed by atoms with E-state index in [-0.39, 0.29) is 0 Å². The fourth-order valence-electron chi connectivity index (χ4n) is 1.48. The second-order valence-corrected chi connectivity index (χ2v) is 4.67. The minimum atomic E-state index is 0.663. The molecular formula is C11H10BrClN2O. The Morgan fingerprint density at radius 1 is 1.44 bits per heavy atom. The highest BCUT2D eigenvalue weighted by molar-refractivity contribution is 9.10. The van der Waals surface area contributed by atoms with Gasteiger partial charge in [-0.1, -0.05) is 27.5 Å². The molecule has 1 N–H and O–H groups in total. The van der Waals surface area contributed by atoms with Gasteiger partial charge in [-0.05, 0) is 25.2 Å². The SMILES string of the molecule is CNCc1ncoc1-c1cc(Cl)cc(Br)c1. The maximum absolute atomic E-state index is 5.99. The van der Waals surface area contributed by atoms with Gasteiger partial charge in [0.15, 0.2) is 12.2 Å². The number of halogens is 2. The lowest BCUT2D eigenvalue weighted by atomic mass is 10.1. The minimum Gasteiger partial charge on any atom is -0.443 e. The summed E-state index contributed by atoms with van der Waals surface area (Å²) in [7, 11) is 1.87. The van der Waals surface area contributed by atoms with Gasteiger partial charge in [0.2, 0.25) is 0 Å². The van der Waals surface area contributed by atoms with E-state index in [9.17, 15) is 0 Å². The predicted molar refractivity (Wildman–Crippen MR) is 67.4 cm³/mol. The standard InChI is InChI=1S/C11H10BrClN2O/c1-14-5-10-11(16-6-15-10)7-2-8(12)4-9(13)3-7/h2-4,6,14H,5H2,1H3. The van der Waals surface area contributed by atoms with Crippen molar-refractivity contribution in [3.05, 3.63) is 39.8 Å². The number of hydrogen-bond acceptors (Lipinski definition) is 3. The Morgan fingerprint density at radius 3 is 2.94 bits per heavy atom. The van der Waals surface area contributed by atoms with Crippen molar-refractivity contribution in [3.63, 3.8) is 0 Å². The molecule has 0 aliphatic rings. The van der Waals surface area contributed by atoms with Crippen LogP contribution in [0.1, 0.15) is 5.69 Å². The van der Waals surface area contributed by atoms with Crippen LogP contribution in [0.2, 0.25) is 5.02 Å². The molecule has 0 atom stereocenters. The molecule has 0 aliphatic heterocycles. The molecule has 0 saturated carbocycles. The largest absolute Gasteiger partial charge is 0.443 e. The zero-order valence-electron chi connectivity index (χ0n) is 8.63. The number of nitrogens with one attached hydrogen (secondary N) is 1. The fraction of sp³-hybridized carbons (Fsp3) is 0.182. The summed E-state index contributed by atoms with van der Waals surface area (Å²) in [5.74, 6) is 0.748. The molecule has 1 heterocycles. The smallest absolute Gasteiger partial charge is 0.181 e. The first-order valence-electron chi connectivity index (χ1n) is 4.74. The van der Waals surface area contributed by atoms with Crippen LogP contribution in [0, 0.1) is 0 Å². The topological polar surface area (TPSA) is 38.1 Å². The van der Waals surface area contributed by atoms with Crippen molar-refractivity contribution in [2.24, 2.45) is 0 Å². The summed E-state index contributed by atoms with van der Waals surface area (Å²) in [6.07, 6.45) is 1.44. The number of rotatable bonds is 3. The van der Waals surface area contributed by atoms with Gasteiger partial charge in [-0.3, -0.25) is 0 Å². The van der Waals surface area contributed by atoms with Crippen molar-refractivity contribution in [1.82, 2.24) is 10.3 Å². The predicted octanol–water partition coefficient (Wildman–Crippen LogP) is 3.48. The van der Waals surface area contributed by atoms with Crippen molar-refractivity contribution in [2.75, 3.05) is 7.05 Å². The van der Waals surface area contributed by atoms with E-state index in [2.05, 4.69) is 26.2 Å². The van der Waals surface area contributed by atoms with Gasteiger partial charge in [-0.25, -0.2) is 4.98 Å². The van der Waals surface area contributed by atoms with E-state index in [1.807, 2.05) is 25.2 Å². The highest BCUT2D eigenvalue weighted by Gasteiger charge is 2.11. The molecule has 0 saturated heterocycles. The van der Waals surface area contributed by atoms with Crippen LogP contribution in [0.15, 0.2) is 33.5 Å². The molecule has 5 heteroatoms. The third-order valence-electron chi connectivity index (χ3n) is 2.11. The van der Waals surface area contributed by atoms with E-state index in [1.54, 1.807) is 0 Å². The number of hydrogen-bond donors (Lipinski definition) is 1. The molecule has 0 bridgehead atoms. The lowest BCUT2D eigenvalue weighted by Crippen LogP contribution is -2.06. The van der Waals surface area contributed by atoms with Crippen LogP contribution in [0.4, 0.5) is 0 Å². The average molecular weight is 302 g/mol. The highest BCUT2D eigenvalue weighted by atomic mass is 79.9. The Hall–Kier alpha value is -0.840. The molecule has 2 rings (SSSR count). The van der Waals surface area contributed by atoms with E-state index in [4.69, 9.17) is 16.0 Å². The Bertz CT molecular complexity index is 478. The number of oxazole rings is 1. The molecule has 84 valence electrons. The van der Waals surface area contributed by atoms with Crippen LogP contribution < -0.4 is 5.32 Å². The lowest BCUT2D eigenvalue weighted by Gasteiger charge is -2.02. The van der Waals surface area contributed by atoms with Gasteiger partial charge in [0.05, 0.1) is 0 Å². The number of benzene rings is 1. The summed E-state index contributed by atoms with van der Waals surface area (Å²) in [5.41, 5.74) is 1.79. The number of nitrogens with zero attached hydrogens (tertiary/aromatic N) is 1. The van der Waals surface area contributed by atoms with Crippen LogP contribution in [-0.4, -0.2) is 12.0 Å². The Kier molecular flexibility index (Phi) is 3.63. The quantitative estimate of drug-likeness (QED) is 0.943. The Morgan fingerprint density at radius 2 is 2.25 bits per heavy atom. The summed E-state index contributed by atoms with van der Waals surface area (Å²) in [4.78, 5) is 4.15. The molecule has 16 heavy (non-hydrogen) atoms. The van der Waals surface area contributed by atoms with Gasteiger partial charge in [0.1, 0.15) is 5.69 Å². The molecule has 3 nitrogen and oxygen atoms in total. The molecule has 0 aliphatic carbocycles. The molecule has 0 fully saturated rings. The second kappa shape index (κ2) is 4.99. The van der Waals surface area contributed by atoms with E-state index in [1.165, 1.54) is 6.39 Å². The lowest BCUT2D eigenvalue weighted by molar-refractivity contribution is 0.570. The first-order chi connectivity index (χ1) is 7.70. The van der Waals surface area contributed by atoms with E-state index < -0.39 is 0 Å². The Balaban J connectivity index is 2.45. The molecule has 0 spiro atoms. The van der Waals surface area contributed by atoms with Crippen LogP contribution >= 0.6 is 27.5 Å². The van der Waals surface area contributed by atoms with E-state index in [0.717, 1.165) is 21.5 Å². The molecule has 0 radical (unpaired) electrons. The summed E-state index contributed by atoms with van der Waals surface area (Å²) in [5, 5.41) is 3.71. The highest BCUT2D eigenvalue weighted by Crippen LogP contribution is 2.29. The van der Waals surface area contributed by atoms with Gasteiger partial charge < -0.3 is 9.73 Å². The second-order valence-electron chi connectivity index (χ2n) is 3.32. The van der Waals surface area contributed by atoms with Crippen molar-refractivity contribution in [1.29, 1.82) is 0 Å². The van der Waals surface area contributed by atoms with Gasteiger partial charge in [0.25, 0.3) is 0 Å². The van der Waals surface area contributed by atoms with Crippen molar-refractivity contribution in [3.8, 4) is 11.3 Å². The molecule has 0 unspecified atom stereocenters. The van der Waals surface area contributed by atoms with Crippen molar-refractivity contribution < 1.29 is 4.42 Å². The van der Waals surface area contributed by atoms with Crippen LogP contribution in [0.3, 0.4) is 0 Å². The zero-order chi connectivity index (χ0) is 11.5. The normalized spacial score (nSPS) is 10.7. The molecule has 1 aromatic carbocycles. The third kappa shape index (κ3) is 2.45. The molecule has 2 aromatic rings. The first kappa shape index (κ1) is 11.6.